The van der Waals surface area contributed by atoms with Gasteiger partial charge in [0, 0.05) is 70.6 Å². The van der Waals surface area contributed by atoms with Crippen LogP contribution in [0.15, 0.2) is 91.0 Å². The fourth-order valence-electron chi connectivity index (χ4n) is 15.2. The van der Waals surface area contributed by atoms with E-state index in [2.05, 4.69) is 58.3 Å². The summed E-state index contributed by atoms with van der Waals surface area (Å²) in [4.78, 5) is 97.9. The van der Waals surface area contributed by atoms with Gasteiger partial charge >= 0.3 is 176 Å². The van der Waals surface area contributed by atoms with E-state index in [1.165, 1.54) is 196 Å². The summed E-state index contributed by atoms with van der Waals surface area (Å²) >= 11 is 14.5. The number of ether oxygens (including phenoxy) is 5. The van der Waals surface area contributed by atoms with Crippen LogP contribution in [0.1, 0.15) is 490 Å². The van der Waals surface area contributed by atoms with Crippen LogP contribution in [0.4, 0.5) is 0 Å². The number of benzene rings is 3. The van der Waals surface area contributed by atoms with Gasteiger partial charge < -0.3 is 49.2 Å². The standard InChI is InChI=1S/C18H15Cl2P.2C17H34O3.2C17H32O3.C16H32O3.C9H16O4/c19-21(20,16-10-4-1-5-11-16,17-12-6-2-7-13-17)18-14-8-3-9-15-18;4*1-3-4-5-6-7-10-13-16(18)14-11-8-9-12-15-17(19)20-2;1-2-3-4-5-6-9-12-15(17)13-10-7-8-11-14-16(18)19;1-13-9(12)7-5-3-2-4-6-8(10)11/h1-15H;2*16,18H,3-15H2,1-2H3;2*3-15H2,1-2H3;15,17H,2-14H2,1H3,(H,18,19);2-7H2,1H3,(H,10,11). The quantitative estimate of drug-likeness (QED) is 0.0152. The van der Waals surface area contributed by atoms with Gasteiger partial charge in [-0.15, -0.1) is 0 Å². The summed E-state index contributed by atoms with van der Waals surface area (Å²) in [6.45, 7) is 11.1. The molecule has 3 aromatic carbocycles. The third kappa shape index (κ3) is 91.1. The van der Waals surface area contributed by atoms with Gasteiger partial charge in [-0.2, -0.15) is 0 Å². The number of hydrogen-bond acceptors (Lipinski definition) is 17. The Balaban J connectivity index is -0.000000733. The molecule has 3 unspecified atom stereocenters. The van der Waals surface area contributed by atoms with E-state index in [1.54, 1.807) is 0 Å². The van der Waals surface area contributed by atoms with Crippen LogP contribution in [0, 0.1) is 0 Å². The topological polar surface area (TPSA) is 301 Å². The van der Waals surface area contributed by atoms with Gasteiger partial charge in [0.2, 0.25) is 0 Å². The third-order valence-electron chi connectivity index (χ3n) is 23.8. The van der Waals surface area contributed by atoms with Crippen molar-refractivity contribution < 1.29 is 92.4 Å². The number of halogens is 2. The molecule has 0 bridgehead atoms. The number of aliphatic carboxylic acids is 2. The first kappa shape index (κ1) is 133. The summed E-state index contributed by atoms with van der Waals surface area (Å²) in [5.41, 5.74) is 0. The molecule has 22 heteroatoms. The van der Waals surface area contributed by atoms with Crippen molar-refractivity contribution in [3.8, 4) is 0 Å². The van der Waals surface area contributed by atoms with Crippen LogP contribution in [-0.2, 0) is 66.8 Å². The van der Waals surface area contributed by atoms with E-state index >= 15 is 0 Å². The van der Waals surface area contributed by atoms with Crippen LogP contribution in [0.5, 0.6) is 0 Å². The number of rotatable bonds is 80. The minimum absolute atomic E-state index is 0.117. The van der Waals surface area contributed by atoms with Gasteiger partial charge in [0.15, 0.2) is 0 Å². The molecular weight excluding hydrogens is 1740 g/mol. The summed E-state index contributed by atoms with van der Waals surface area (Å²) in [5.74, 6) is -1.34. The molecule has 772 valence electrons. The van der Waals surface area contributed by atoms with Gasteiger partial charge in [0.25, 0.3) is 0 Å². The molecule has 0 amide bonds. The maximum absolute atomic E-state index is 11.6. The van der Waals surface area contributed by atoms with E-state index in [1.807, 2.05) is 91.0 Å². The molecule has 19 nitrogen and oxygen atoms in total. The first-order valence-corrected chi connectivity index (χ1v) is 56.8. The Morgan fingerprint density at radius 1 is 0.226 bits per heavy atom. The Hall–Kier alpha value is -5.82. The molecule has 0 aliphatic rings. The second-order valence-electron chi connectivity index (χ2n) is 35.9. The number of methoxy groups -OCH3 is 5. The molecule has 0 aliphatic carbocycles. The first-order chi connectivity index (χ1) is 64.3. The molecule has 133 heavy (non-hydrogen) atoms. The second kappa shape index (κ2) is 101. The normalized spacial score (nSPS) is 11.7. The SMILES string of the molecule is CCCCCCCCC(=O)CCCCCCC(=O)OC.CCCCCCCCC(=O)CCCCCCC(=O)OC.CCCCCCCCC(O)CCCCCCC(=O)O.CCCCCCCCC(O)CCCCCCC(=O)OC.CCCCCCCCC(O)CCCCCCC(=O)OC.COC(=O)CCCCCCC(=O)O.ClP(Cl)(c1ccccc1)(c1ccccc1)c1ccccc1. The number of unbranched alkanes of at least 4 members (excludes halogenated alkanes) is 43. The van der Waals surface area contributed by atoms with E-state index in [0.29, 0.717) is 62.9 Å². The van der Waals surface area contributed by atoms with E-state index in [4.69, 9.17) is 32.7 Å². The van der Waals surface area contributed by atoms with Crippen molar-refractivity contribution >= 4 is 97.1 Å². The van der Waals surface area contributed by atoms with E-state index in [9.17, 15) is 58.5 Å². The minimum atomic E-state index is -3.43. The fraction of sp³-hybridized carbons (Fsp3) is 0.757. The zero-order valence-corrected chi connectivity index (χ0v) is 88.2. The Bertz CT molecular complexity index is 2930. The molecular formula is C111H195Cl2O19P. The molecule has 0 heterocycles. The molecule has 0 fully saturated rings. The molecule has 0 radical (unpaired) electrons. The summed E-state index contributed by atoms with van der Waals surface area (Å²) in [6, 6.07) is 29.9. The van der Waals surface area contributed by atoms with E-state index < -0.39 is 17.2 Å². The van der Waals surface area contributed by atoms with Gasteiger partial charge in [-0.1, -0.05) is 311 Å². The number of ketones is 2. The molecule has 0 saturated carbocycles. The predicted octanol–water partition coefficient (Wildman–Crippen LogP) is 29.8. The third-order valence-corrected chi connectivity index (χ3v) is 30.9. The Kier molecular flexibility index (Phi) is 101. The molecule has 0 aliphatic heterocycles. The number of esters is 5. The Morgan fingerprint density at radius 3 is 0.526 bits per heavy atom. The van der Waals surface area contributed by atoms with Crippen LogP contribution in [0.25, 0.3) is 0 Å². The Labute approximate surface area is 819 Å². The number of Topliss-reactive ketones (excluding diaryl/α,β-unsaturated/α-hetero) is 2. The first-order valence-electron chi connectivity index (χ1n) is 52.7. The summed E-state index contributed by atoms with van der Waals surface area (Å²) in [5, 5.41) is 45.8. The molecule has 0 spiro atoms. The summed E-state index contributed by atoms with van der Waals surface area (Å²) < 4.78 is 22.8. The van der Waals surface area contributed by atoms with Crippen molar-refractivity contribution in [1.29, 1.82) is 0 Å². The van der Waals surface area contributed by atoms with Crippen LogP contribution in [-0.4, -0.2) is 133 Å². The number of hydrogen-bond donors (Lipinski definition) is 5. The monoisotopic (exact) mass is 1930 g/mol. The second-order valence-corrected chi connectivity index (χ2v) is 43.9. The van der Waals surface area contributed by atoms with Crippen molar-refractivity contribution in [3.05, 3.63) is 91.0 Å². The maximum atomic E-state index is 11.6. The number of carbonyl (C=O) groups is 9. The number of carboxylic acid groups (broad SMARTS) is 2. The molecule has 5 N–H and O–H groups in total. The van der Waals surface area contributed by atoms with Crippen molar-refractivity contribution in [2.24, 2.45) is 0 Å². The fourth-order valence-corrected chi connectivity index (χ4v) is 20.2. The van der Waals surface area contributed by atoms with Crippen molar-refractivity contribution in [1.82, 2.24) is 0 Å². The molecule has 3 rings (SSSR count). The van der Waals surface area contributed by atoms with Crippen molar-refractivity contribution in [3.63, 3.8) is 0 Å². The molecule has 3 atom stereocenters. The predicted molar refractivity (Wildman–Crippen MR) is 556 cm³/mol. The van der Waals surface area contributed by atoms with Gasteiger partial charge in [-0.3, -0.25) is 43.2 Å². The van der Waals surface area contributed by atoms with Crippen LogP contribution in [0.2, 0.25) is 0 Å². The van der Waals surface area contributed by atoms with E-state index in [-0.39, 0.29) is 61.0 Å². The van der Waals surface area contributed by atoms with Crippen molar-refractivity contribution in [2.45, 2.75) is 509 Å². The molecule has 0 saturated heterocycles. The average Bonchev–Trinajstić information content (AvgIpc) is 0.719. The number of aliphatic hydroxyl groups excluding tert-OH is 3. The molecule has 3 aromatic rings. The summed E-state index contributed by atoms with van der Waals surface area (Å²) in [7, 11) is 7.07. The average molecular weight is 1940 g/mol. The van der Waals surface area contributed by atoms with Gasteiger partial charge in [0.05, 0.1) is 53.9 Å². The van der Waals surface area contributed by atoms with Gasteiger partial charge in [-0.05, 0) is 109 Å². The zero-order valence-electron chi connectivity index (χ0n) is 85.8. The van der Waals surface area contributed by atoms with Gasteiger partial charge in [-0.25, -0.2) is 0 Å². The van der Waals surface area contributed by atoms with Gasteiger partial charge in [0.1, 0.15) is 11.6 Å². The van der Waals surface area contributed by atoms with Crippen LogP contribution in [0.3, 0.4) is 0 Å². The zero-order chi connectivity index (χ0) is 99.5. The number of carbonyl (C=O) groups excluding carboxylic acids is 7. The number of aliphatic hydroxyl groups is 3. The number of carboxylic acids is 2. The van der Waals surface area contributed by atoms with E-state index in [0.717, 1.165) is 247 Å². The van der Waals surface area contributed by atoms with Crippen LogP contribution >= 0.6 is 27.8 Å². The Morgan fingerprint density at radius 2 is 0.368 bits per heavy atom. The van der Waals surface area contributed by atoms with Crippen LogP contribution < -0.4 is 15.9 Å². The van der Waals surface area contributed by atoms with Crippen molar-refractivity contribution in [2.75, 3.05) is 35.5 Å². The molecule has 0 aromatic heterocycles. The summed E-state index contributed by atoms with van der Waals surface area (Å²) in [6.07, 6.45) is 72.1.